The lowest BCUT2D eigenvalue weighted by atomic mass is 9.90. The Morgan fingerprint density at radius 2 is 1.49 bits per heavy atom. The predicted octanol–water partition coefficient (Wildman–Crippen LogP) is 5.67. The van der Waals surface area contributed by atoms with Crippen LogP contribution in [0.25, 0.3) is 0 Å². The van der Waals surface area contributed by atoms with Gasteiger partial charge in [-0.25, -0.2) is 0 Å². The van der Waals surface area contributed by atoms with E-state index in [1.54, 1.807) is 0 Å². The number of anilines is 1. The monoisotopic (exact) mass is 469 g/mol. The van der Waals surface area contributed by atoms with Crippen LogP contribution in [-0.2, 0) is 17.6 Å². The predicted molar refractivity (Wildman–Crippen MR) is 146 cm³/mol. The summed E-state index contributed by atoms with van der Waals surface area (Å²) in [5, 5.41) is 6.76. The summed E-state index contributed by atoms with van der Waals surface area (Å²) in [6.07, 6.45) is 2.28. The second-order valence-electron chi connectivity index (χ2n) is 10.4. The average molecular weight is 470 g/mol. The Kier molecular flexibility index (Phi) is 7.32. The lowest BCUT2D eigenvalue weighted by Crippen LogP contribution is -2.44. The summed E-state index contributed by atoms with van der Waals surface area (Å²) in [5.74, 6) is -0.0853. The van der Waals surface area contributed by atoms with Gasteiger partial charge >= 0.3 is 0 Å². The lowest BCUT2D eigenvalue weighted by molar-refractivity contribution is -0.123. The molecule has 1 aliphatic rings. The molecule has 0 fully saturated rings. The zero-order chi connectivity index (χ0) is 25.3. The third-order valence-electron chi connectivity index (χ3n) is 7.38. The molecule has 184 valence electrons. The minimum absolute atomic E-state index is 0.0369. The Hall–Kier alpha value is -3.11. The molecule has 4 rings (SSSR count). The molecule has 1 heterocycles. The summed E-state index contributed by atoms with van der Waals surface area (Å²) in [6, 6.07) is 14.8. The van der Waals surface area contributed by atoms with Crippen molar-refractivity contribution in [2.75, 3.05) is 11.9 Å². The summed E-state index contributed by atoms with van der Waals surface area (Å²) in [5.41, 5.74) is 20.1. The maximum absolute atomic E-state index is 13.2. The molecule has 2 atom stereocenters. The zero-order valence-electron chi connectivity index (χ0n) is 22.0. The van der Waals surface area contributed by atoms with Crippen molar-refractivity contribution in [1.29, 1.82) is 0 Å². The van der Waals surface area contributed by atoms with Crippen LogP contribution in [0.2, 0.25) is 0 Å². The fourth-order valence-electron chi connectivity index (χ4n) is 5.64. The molecular weight excluding hydrogens is 430 g/mol. The van der Waals surface area contributed by atoms with Crippen LogP contribution in [-0.4, -0.2) is 18.5 Å². The maximum Gasteiger partial charge on any atom is 0.237 e. The van der Waals surface area contributed by atoms with Gasteiger partial charge in [0.15, 0.2) is 0 Å². The Morgan fingerprint density at radius 1 is 0.914 bits per heavy atom. The van der Waals surface area contributed by atoms with Gasteiger partial charge in [-0.2, -0.15) is 0 Å². The molecule has 0 radical (unpaired) electrons. The normalized spacial score (nSPS) is 15.8. The number of amides is 1. The third kappa shape index (κ3) is 5.59. The van der Waals surface area contributed by atoms with Crippen LogP contribution >= 0.6 is 0 Å². The fraction of sp³-hybridized carbons (Fsp3) is 0.387. The van der Waals surface area contributed by atoms with Crippen molar-refractivity contribution < 1.29 is 4.79 Å². The SMILES string of the molecule is Cc1cc(C)c(Cc2ccc3c(c2)C(NC(=O)C(N)Cc2c(C)cc(C)cc2C)CCN3)c(C)c1. The average Bonchev–Trinajstić information content (AvgIpc) is 2.78. The van der Waals surface area contributed by atoms with E-state index < -0.39 is 6.04 Å². The summed E-state index contributed by atoms with van der Waals surface area (Å²) in [4.78, 5) is 13.2. The molecule has 0 spiro atoms. The molecule has 35 heavy (non-hydrogen) atoms. The Balaban J connectivity index is 1.51. The van der Waals surface area contributed by atoms with Gasteiger partial charge < -0.3 is 16.4 Å². The minimum Gasteiger partial charge on any atom is -0.385 e. The van der Waals surface area contributed by atoms with E-state index in [9.17, 15) is 4.79 Å². The molecule has 1 aliphatic heterocycles. The minimum atomic E-state index is -0.575. The first kappa shape index (κ1) is 25.0. The Labute approximate surface area is 210 Å². The third-order valence-corrected chi connectivity index (χ3v) is 7.38. The van der Waals surface area contributed by atoms with Gasteiger partial charge in [0.2, 0.25) is 5.91 Å². The molecule has 4 N–H and O–H groups in total. The van der Waals surface area contributed by atoms with Crippen molar-refractivity contribution in [3.8, 4) is 0 Å². The molecule has 3 aromatic rings. The lowest BCUT2D eigenvalue weighted by Gasteiger charge is -2.29. The van der Waals surface area contributed by atoms with Gasteiger partial charge in [-0.1, -0.05) is 47.5 Å². The quantitative estimate of drug-likeness (QED) is 0.436. The van der Waals surface area contributed by atoms with Crippen LogP contribution < -0.4 is 16.4 Å². The number of benzene rings is 3. The van der Waals surface area contributed by atoms with E-state index >= 15 is 0 Å². The van der Waals surface area contributed by atoms with Crippen molar-refractivity contribution in [3.63, 3.8) is 0 Å². The van der Waals surface area contributed by atoms with Gasteiger partial charge in [0.1, 0.15) is 0 Å². The molecule has 1 amide bonds. The number of hydrogen-bond acceptors (Lipinski definition) is 3. The summed E-state index contributed by atoms with van der Waals surface area (Å²) >= 11 is 0. The molecule has 4 heteroatoms. The van der Waals surface area contributed by atoms with E-state index in [1.165, 1.54) is 50.1 Å². The van der Waals surface area contributed by atoms with Crippen LogP contribution in [0.3, 0.4) is 0 Å². The molecule has 4 nitrogen and oxygen atoms in total. The fourth-order valence-corrected chi connectivity index (χ4v) is 5.64. The second kappa shape index (κ2) is 10.2. The van der Waals surface area contributed by atoms with Crippen LogP contribution in [0.15, 0.2) is 42.5 Å². The van der Waals surface area contributed by atoms with E-state index in [0.29, 0.717) is 6.42 Å². The number of carbonyl (C=O) groups excluding carboxylic acids is 1. The van der Waals surface area contributed by atoms with Crippen molar-refractivity contribution in [2.24, 2.45) is 5.73 Å². The number of carbonyl (C=O) groups is 1. The van der Waals surface area contributed by atoms with Crippen LogP contribution in [0.5, 0.6) is 0 Å². The number of fused-ring (bicyclic) bond motifs is 1. The zero-order valence-corrected chi connectivity index (χ0v) is 22.0. The van der Waals surface area contributed by atoms with Crippen LogP contribution in [0, 0.1) is 41.5 Å². The van der Waals surface area contributed by atoms with E-state index in [-0.39, 0.29) is 11.9 Å². The van der Waals surface area contributed by atoms with Crippen LogP contribution in [0.1, 0.15) is 68.1 Å². The van der Waals surface area contributed by atoms with Gasteiger partial charge in [-0.3, -0.25) is 4.79 Å². The first-order chi connectivity index (χ1) is 16.6. The highest BCUT2D eigenvalue weighted by atomic mass is 16.2. The molecule has 3 aromatic carbocycles. The summed E-state index contributed by atoms with van der Waals surface area (Å²) in [7, 11) is 0. The van der Waals surface area contributed by atoms with Crippen molar-refractivity contribution in [3.05, 3.63) is 98.1 Å². The van der Waals surface area contributed by atoms with Gasteiger partial charge in [-0.05, 0) is 111 Å². The summed E-state index contributed by atoms with van der Waals surface area (Å²) < 4.78 is 0. The highest BCUT2D eigenvalue weighted by molar-refractivity contribution is 5.82. The largest absolute Gasteiger partial charge is 0.385 e. The molecule has 0 saturated heterocycles. The van der Waals surface area contributed by atoms with Gasteiger partial charge in [0.05, 0.1) is 12.1 Å². The molecule has 0 saturated carbocycles. The van der Waals surface area contributed by atoms with E-state index in [4.69, 9.17) is 5.73 Å². The smallest absolute Gasteiger partial charge is 0.237 e. The number of rotatable bonds is 6. The maximum atomic E-state index is 13.2. The molecule has 0 aliphatic carbocycles. The standard InChI is InChI=1S/C31H39N3O/c1-18-11-20(3)25(21(4)12-18)15-24-7-8-29-27(16-24)30(9-10-33-29)34-31(35)28(32)17-26-22(5)13-19(2)14-23(26)6/h7-8,11-14,16,28,30,33H,9-10,15,17,32H2,1-6H3,(H,34,35). The molecular formula is C31H39N3O. The highest BCUT2D eigenvalue weighted by Crippen LogP contribution is 2.32. The highest BCUT2D eigenvalue weighted by Gasteiger charge is 2.25. The van der Waals surface area contributed by atoms with Gasteiger partial charge in [0.25, 0.3) is 0 Å². The number of hydrogen-bond donors (Lipinski definition) is 3. The summed E-state index contributed by atoms with van der Waals surface area (Å²) in [6.45, 7) is 13.7. The topological polar surface area (TPSA) is 67.2 Å². The molecule has 2 unspecified atom stereocenters. The number of nitrogens with two attached hydrogens (primary N) is 1. The molecule has 0 bridgehead atoms. The first-order valence-electron chi connectivity index (χ1n) is 12.7. The first-order valence-corrected chi connectivity index (χ1v) is 12.7. The van der Waals surface area contributed by atoms with Crippen molar-refractivity contribution >= 4 is 11.6 Å². The van der Waals surface area contributed by atoms with Crippen LogP contribution in [0.4, 0.5) is 5.69 Å². The van der Waals surface area contributed by atoms with Gasteiger partial charge in [-0.15, -0.1) is 0 Å². The number of aryl methyl sites for hydroxylation is 6. The number of nitrogens with one attached hydrogen (secondary N) is 2. The van der Waals surface area contributed by atoms with Crippen molar-refractivity contribution in [2.45, 2.75) is 72.9 Å². The van der Waals surface area contributed by atoms with E-state index in [2.05, 4.69) is 94.6 Å². The van der Waals surface area contributed by atoms with Gasteiger partial charge in [0, 0.05) is 12.2 Å². The van der Waals surface area contributed by atoms with Crippen molar-refractivity contribution in [1.82, 2.24) is 5.32 Å². The van der Waals surface area contributed by atoms with E-state index in [0.717, 1.165) is 30.6 Å². The molecule has 0 aromatic heterocycles. The van der Waals surface area contributed by atoms with E-state index in [1.807, 2.05) is 0 Å². The Bertz CT molecular complexity index is 1210. The Morgan fingerprint density at radius 3 is 2.09 bits per heavy atom. The second-order valence-corrected chi connectivity index (χ2v) is 10.4.